The summed E-state index contributed by atoms with van der Waals surface area (Å²) in [5.74, 6) is 1.19. The third kappa shape index (κ3) is 4.39. The van der Waals surface area contributed by atoms with Gasteiger partial charge in [0.1, 0.15) is 22.8 Å². The molecule has 2 fully saturated rings. The number of carbonyl (C=O) groups is 2. The molecule has 3 aromatic carbocycles. The monoisotopic (exact) mass is 796 g/mol. The van der Waals surface area contributed by atoms with Crippen LogP contribution >= 0.6 is 11.8 Å². The van der Waals surface area contributed by atoms with E-state index in [4.69, 9.17) is 33.8 Å². The first-order valence-electron chi connectivity index (χ1n) is 19.4. The molecule has 7 aliphatic heterocycles. The zero-order valence-corrected chi connectivity index (χ0v) is 33.1. The van der Waals surface area contributed by atoms with Gasteiger partial charge in [0.25, 0.3) is 0 Å². The first-order chi connectivity index (χ1) is 27.4. The summed E-state index contributed by atoms with van der Waals surface area (Å²) < 4.78 is 38.1. The van der Waals surface area contributed by atoms with E-state index < -0.39 is 52.2 Å². The van der Waals surface area contributed by atoms with Gasteiger partial charge in [-0.3, -0.25) is 19.9 Å². The summed E-state index contributed by atoms with van der Waals surface area (Å²) in [5, 5.41) is 29.3. The number of likely N-dealkylation sites (N-methyl/N-ethyl adjacent to an activating group) is 1. The molecule has 0 radical (unpaired) electrons. The highest BCUT2D eigenvalue weighted by Gasteiger charge is 2.73. The number of piperazine rings is 1. The maximum absolute atomic E-state index is 15.6. The molecule has 15 heteroatoms. The van der Waals surface area contributed by atoms with Crippen molar-refractivity contribution >= 4 is 34.7 Å². The minimum Gasteiger partial charge on any atom is -0.504 e. The number of thioether (sulfide) groups is 1. The molecule has 8 heterocycles. The van der Waals surface area contributed by atoms with Gasteiger partial charge in [0.2, 0.25) is 6.79 Å². The van der Waals surface area contributed by atoms with Gasteiger partial charge in [-0.2, -0.15) is 0 Å². The average Bonchev–Trinajstić information content (AvgIpc) is 3.81. The standard InChI is InChI=1S/C42H44N4O10S/c1-18-10-21-12-40(50)15-45(4)30(27(21)32(48)33(18)51-5)31-38-42(13-25(46(31)40)28-29(42)34(54-20(3)47)19(2)35-36(28)53-17-52-35)56-39(49)41(16-57-38)37-24(11-22(14-43)44-41)23-8-6-7-9-26(23)55-37/h6-10,22,25,30-31,38,44,48,50H,11-17,43H2,1-5H3/t22-,25+,30?,31-,38+,40?,41-,42?/m1/s1. The van der Waals surface area contributed by atoms with Crippen LogP contribution in [0.1, 0.15) is 70.1 Å². The van der Waals surface area contributed by atoms with Gasteiger partial charge in [-0.15, -0.1) is 11.8 Å². The van der Waals surface area contributed by atoms with Crippen LogP contribution in [0.5, 0.6) is 28.7 Å². The molecule has 2 spiro atoms. The lowest BCUT2D eigenvalue weighted by Crippen LogP contribution is -2.72. The number of para-hydroxylation sites is 1. The quantitative estimate of drug-likeness (QED) is 0.174. The first kappa shape index (κ1) is 35.6. The van der Waals surface area contributed by atoms with Gasteiger partial charge in [-0.25, -0.2) is 4.79 Å². The molecular formula is C42H44N4O10S. The molecule has 3 unspecified atom stereocenters. The summed E-state index contributed by atoms with van der Waals surface area (Å²) in [4.78, 5) is 32.9. The maximum atomic E-state index is 15.6. The van der Waals surface area contributed by atoms with Gasteiger partial charge >= 0.3 is 11.9 Å². The van der Waals surface area contributed by atoms with Gasteiger partial charge in [0.05, 0.1) is 18.4 Å². The lowest BCUT2D eigenvalue weighted by atomic mass is 9.77. The van der Waals surface area contributed by atoms with Gasteiger partial charge in [0, 0.05) is 89.9 Å². The molecule has 0 saturated carbocycles. The second-order valence-corrected chi connectivity index (χ2v) is 17.9. The number of esters is 2. The Balaban J connectivity index is 1.20. The predicted molar refractivity (Wildman–Crippen MR) is 207 cm³/mol. The van der Waals surface area contributed by atoms with Crippen LogP contribution in [-0.4, -0.2) is 94.8 Å². The van der Waals surface area contributed by atoms with E-state index in [2.05, 4.69) is 15.1 Å². The van der Waals surface area contributed by atoms with Crippen molar-refractivity contribution in [3.05, 3.63) is 75.0 Å². The summed E-state index contributed by atoms with van der Waals surface area (Å²) in [6.07, 6.45) is 1.01. The van der Waals surface area contributed by atoms with E-state index in [-0.39, 0.29) is 56.0 Å². The largest absolute Gasteiger partial charge is 0.504 e. The minimum atomic E-state index is -1.46. The Morgan fingerprint density at radius 2 is 1.95 bits per heavy atom. The van der Waals surface area contributed by atoms with Gasteiger partial charge in [0.15, 0.2) is 34.1 Å². The van der Waals surface area contributed by atoms with Crippen molar-refractivity contribution in [2.75, 3.05) is 39.8 Å². The number of aliphatic hydroxyl groups is 1. The number of furan rings is 1. The SMILES string of the molecule is COc1c(C)cc2c(c1O)C1[C@@H]3[C@@H]4SC[C@]5(N[C@@H](CN)Cc6c5oc5ccccc65)C(=O)OC45C[C@@H](c4c6c(c(C)c(OC(C)=O)c45)OCO6)N3C(O)(C2)CN1C. The smallest absolute Gasteiger partial charge is 0.336 e. The number of nitrogens with one attached hydrogen (secondary N) is 1. The molecule has 4 aromatic rings. The van der Waals surface area contributed by atoms with Crippen LogP contribution in [0.15, 0.2) is 34.7 Å². The Morgan fingerprint density at radius 1 is 1.16 bits per heavy atom. The predicted octanol–water partition coefficient (Wildman–Crippen LogP) is 3.70. The Bertz CT molecular complexity index is 2470. The van der Waals surface area contributed by atoms with Crippen molar-refractivity contribution in [2.45, 2.75) is 86.3 Å². The number of ether oxygens (including phenoxy) is 5. The first-order valence-corrected chi connectivity index (χ1v) is 20.5. The molecule has 2 saturated heterocycles. The highest BCUT2D eigenvalue weighted by atomic mass is 32.2. The third-order valence-corrected chi connectivity index (χ3v) is 15.3. The van der Waals surface area contributed by atoms with Crippen LogP contribution in [0.4, 0.5) is 0 Å². The Hall–Kier alpha value is -4.51. The highest BCUT2D eigenvalue weighted by Crippen LogP contribution is 2.71. The number of hydrogen-bond donors (Lipinski definition) is 4. The number of phenols is 1. The van der Waals surface area contributed by atoms with E-state index >= 15 is 4.79 Å². The normalized spacial score (nSPS) is 33.2. The number of nitrogens with zero attached hydrogens (tertiary/aromatic N) is 2. The van der Waals surface area contributed by atoms with Crippen molar-refractivity contribution in [2.24, 2.45) is 5.73 Å². The minimum absolute atomic E-state index is 0.0211. The lowest BCUT2D eigenvalue weighted by molar-refractivity contribution is -0.234. The molecule has 1 aliphatic carbocycles. The number of methoxy groups -OCH3 is 1. The van der Waals surface area contributed by atoms with Crippen LogP contribution in [0.2, 0.25) is 0 Å². The Labute approximate surface area is 332 Å². The number of piperidine rings is 1. The molecule has 8 atom stereocenters. The fraction of sp³-hybridized carbons (Fsp3) is 0.476. The highest BCUT2D eigenvalue weighted by molar-refractivity contribution is 8.00. The molecule has 14 nitrogen and oxygen atoms in total. The zero-order valence-electron chi connectivity index (χ0n) is 32.3. The summed E-state index contributed by atoms with van der Waals surface area (Å²) in [7, 11) is 3.50. The van der Waals surface area contributed by atoms with Crippen LogP contribution in [-0.2, 0) is 38.3 Å². The van der Waals surface area contributed by atoms with E-state index in [9.17, 15) is 15.0 Å². The fourth-order valence-electron chi connectivity index (χ4n) is 11.7. The van der Waals surface area contributed by atoms with E-state index in [1.807, 2.05) is 51.2 Å². The number of aryl methyl sites for hydroxylation is 1. The second-order valence-electron chi connectivity index (χ2n) is 16.8. The van der Waals surface area contributed by atoms with Crippen molar-refractivity contribution in [1.82, 2.24) is 15.1 Å². The van der Waals surface area contributed by atoms with E-state index in [0.717, 1.165) is 22.1 Å². The molecular weight excluding hydrogens is 753 g/mol. The van der Waals surface area contributed by atoms with Crippen LogP contribution in [0.3, 0.4) is 0 Å². The van der Waals surface area contributed by atoms with Crippen LogP contribution in [0, 0.1) is 13.8 Å². The summed E-state index contributed by atoms with van der Waals surface area (Å²) in [5.41, 5.74) is 7.62. The summed E-state index contributed by atoms with van der Waals surface area (Å²) in [6.45, 7) is 5.52. The van der Waals surface area contributed by atoms with E-state index in [1.165, 1.54) is 14.0 Å². The molecule has 5 N–H and O–H groups in total. The van der Waals surface area contributed by atoms with Gasteiger partial charge in [-0.1, -0.05) is 24.3 Å². The van der Waals surface area contributed by atoms with E-state index in [0.29, 0.717) is 57.3 Å². The lowest BCUT2D eigenvalue weighted by Gasteiger charge is -2.61. The number of carbonyl (C=O) groups excluding carboxylic acids is 2. The number of nitrogens with two attached hydrogens (primary N) is 1. The number of aromatic hydroxyl groups is 1. The Kier molecular flexibility index (Phi) is 7.37. The summed E-state index contributed by atoms with van der Waals surface area (Å²) >= 11 is 1.56. The molecule has 12 rings (SSSR count). The van der Waals surface area contributed by atoms with Crippen LogP contribution in [0.25, 0.3) is 11.0 Å². The number of rotatable bonds is 3. The average molecular weight is 797 g/mol. The van der Waals surface area contributed by atoms with Crippen molar-refractivity contribution in [1.29, 1.82) is 0 Å². The number of benzene rings is 3. The van der Waals surface area contributed by atoms with Gasteiger partial charge < -0.3 is 44.0 Å². The number of hydrogen-bond acceptors (Lipinski definition) is 15. The molecule has 1 aromatic heterocycles. The molecule has 4 bridgehead atoms. The Morgan fingerprint density at radius 3 is 2.72 bits per heavy atom. The second kappa shape index (κ2) is 11.8. The zero-order chi connectivity index (χ0) is 39.5. The van der Waals surface area contributed by atoms with Crippen molar-refractivity contribution in [3.63, 3.8) is 0 Å². The molecule has 8 aliphatic rings. The maximum Gasteiger partial charge on any atom is 0.336 e. The van der Waals surface area contributed by atoms with Crippen molar-refractivity contribution in [3.8, 4) is 28.7 Å². The molecule has 0 amide bonds. The number of phenolic OH excluding ortho intramolecular Hbond substituents is 1. The number of fused-ring (bicyclic) bond motifs is 6. The van der Waals surface area contributed by atoms with Crippen molar-refractivity contribution < 1.29 is 47.9 Å². The molecule has 298 valence electrons. The van der Waals surface area contributed by atoms with Gasteiger partial charge in [-0.05, 0) is 44.5 Å². The fourth-order valence-corrected chi connectivity index (χ4v) is 13.5. The molecule has 57 heavy (non-hydrogen) atoms. The van der Waals surface area contributed by atoms with Crippen LogP contribution < -0.4 is 30.0 Å². The summed E-state index contributed by atoms with van der Waals surface area (Å²) in [6, 6.07) is 7.85. The topological polar surface area (TPSA) is 178 Å². The third-order valence-electron chi connectivity index (χ3n) is 13.7. The van der Waals surface area contributed by atoms with E-state index in [1.54, 1.807) is 11.8 Å².